The SMILES string of the molecule is O[C@@H]1CCC[C@H]1n1ccnc1-c1ccccc1. The van der Waals surface area contributed by atoms with E-state index in [1.807, 2.05) is 30.6 Å². The maximum Gasteiger partial charge on any atom is 0.140 e. The van der Waals surface area contributed by atoms with Crippen LogP contribution in [0.3, 0.4) is 0 Å². The number of hydrogen-bond acceptors (Lipinski definition) is 2. The van der Waals surface area contributed by atoms with Gasteiger partial charge in [-0.25, -0.2) is 4.98 Å². The standard InChI is InChI=1S/C14H16N2O/c17-13-8-4-7-12(13)16-10-9-15-14(16)11-5-2-1-3-6-11/h1-3,5-6,9-10,12-13,17H,4,7-8H2/t12-,13-/m1/s1. The van der Waals surface area contributed by atoms with Crippen LogP contribution in [-0.4, -0.2) is 20.8 Å². The minimum Gasteiger partial charge on any atom is -0.391 e. The lowest BCUT2D eigenvalue weighted by Crippen LogP contribution is -2.18. The molecule has 0 unspecified atom stereocenters. The van der Waals surface area contributed by atoms with Gasteiger partial charge in [-0.2, -0.15) is 0 Å². The molecule has 1 fully saturated rings. The first-order valence-electron chi connectivity index (χ1n) is 6.12. The molecule has 1 N–H and O–H groups in total. The van der Waals surface area contributed by atoms with E-state index in [9.17, 15) is 5.11 Å². The van der Waals surface area contributed by atoms with Crippen molar-refractivity contribution in [1.29, 1.82) is 0 Å². The molecule has 1 aliphatic carbocycles. The van der Waals surface area contributed by atoms with Crippen molar-refractivity contribution in [1.82, 2.24) is 9.55 Å². The molecule has 1 saturated carbocycles. The summed E-state index contributed by atoms with van der Waals surface area (Å²) >= 11 is 0. The third kappa shape index (κ3) is 1.87. The van der Waals surface area contributed by atoms with Gasteiger partial charge in [0.2, 0.25) is 0 Å². The summed E-state index contributed by atoms with van der Waals surface area (Å²) < 4.78 is 2.12. The van der Waals surface area contributed by atoms with Gasteiger partial charge in [0.05, 0.1) is 12.1 Å². The van der Waals surface area contributed by atoms with E-state index in [2.05, 4.69) is 21.7 Å². The van der Waals surface area contributed by atoms with Gasteiger partial charge in [-0.1, -0.05) is 30.3 Å². The second kappa shape index (κ2) is 4.34. The Morgan fingerprint density at radius 3 is 2.71 bits per heavy atom. The second-order valence-electron chi connectivity index (χ2n) is 4.59. The van der Waals surface area contributed by atoms with Crippen molar-refractivity contribution < 1.29 is 5.11 Å². The van der Waals surface area contributed by atoms with Gasteiger partial charge in [0, 0.05) is 18.0 Å². The van der Waals surface area contributed by atoms with Crippen LogP contribution >= 0.6 is 0 Å². The molecular weight excluding hydrogens is 212 g/mol. The number of aromatic nitrogens is 2. The van der Waals surface area contributed by atoms with Gasteiger partial charge < -0.3 is 9.67 Å². The Bertz CT molecular complexity index is 492. The number of imidazole rings is 1. The topological polar surface area (TPSA) is 38.0 Å². The van der Waals surface area contributed by atoms with Crippen LogP contribution in [0.2, 0.25) is 0 Å². The Balaban J connectivity index is 2.00. The lowest BCUT2D eigenvalue weighted by Gasteiger charge is -2.18. The van der Waals surface area contributed by atoms with Crippen molar-refractivity contribution in [3.8, 4) is 11.4 Å². The fraction of sp³-hybridized carbons (Fsp3) is 0.357. The number of rotatable bonds is 2. The van der Waals surface area contributed by atoms with Gasteiger partial charge in [-0.3, -0.25) is 0 Å². The molecule has 2 aromatic rings. The molecule has 1 heterocycles. The van der Waals surface area contributed by atoms with E-state index >= 15 is 0 Å². The van der Waals surface area contributed by atoms with Crippen LogP contribution in [-0.2, 0) is 0 Å². The zero-order valence-corrected chi connectivity index (χ0v) is 9.66. The Morgan fingerprint density at radius 1 is 1.18 bits per heavy atom. The van der Waals surface area contributed by atoms with Gasteiger partial charge in [0.25, 0.3) is 0 Å². The summed E-state index contributed by atoms with van der Waals surface area (Å²) in [5, 5.41) is 9.98. The average molecular weight is 228 g/mol. The third-order valence-corrected chi connectivity index (χ3v) is 3.50. The summed E-state index contributed by atoms with van der Waals surface area (Å²) in [6, 6.07) is 10.3. The molecule has 1 aliphatic rings. The smallest absolute Gasteiger partial charge is 0.140 e. The number of aliphatic hydroxyl groups excluding tert-OH is 1. The zero-order chi connectivity index (χ0) is 11.7. The first-order valence-corrected chi connectivity index (χ1v) is 6.12. The van der Waals surface area contributed by atoms with Crippen LogP contribution in [0.25, 0.3) is 11.4 Å². The monoisotopic (exact) mass is 228 g/mol. The van der Waals surface area contributed by atoms with Crippen molar-refractivity contribution in [3.63, 3.8) is 0 Å². The van der Waals surface area contributed by atoms with Crippen molar-refractivity contribution in [3.05, 3.63) is 42.7 Å². The molecule has 3 rings (SSSR count). The highest BCUT2D eigenvalue weighted by atomic mass is 16.3. The molecule has 1 aromatic heterocycles. The second-order valence-corrected chi connectivity index (χ2v) is 4.59. The maximum atomic E-state index is 9.98. The largest absolute Gasteiger partial charge is 0.391 e. The number of nitrogens with zero attached hydrogens (tertiary/aromatic N) is 2. The first kappa shape index (κ1) is 10.5. The molecule has 0 spiro atoms. The van der Waals surface area contributed by atoms with Gasteiger partial charge in [-0.05, 0) is 19.3 Å². The van der Waals surface area contributed by atoms with E-state index in [4.69, 9.17) is 0 Å². The van der Waals surface area contributed by atoms with Crippen LogP contribution in [0.1, 0.15) is 25.3 Å². The molecule has 0 amide bonds. The fourth-order valence-corrected chi connectivity index (χ4v) is 2.64. The minimum absolute atomic E-state index is 0.188. The van der Waals surface area contributed by atoms with E-state index in [0.717, 1.165) is 30.7 Å². The van der Waals surface area contributed by atoms with Crippen molar-refractivity contribution in [2.24, 2.45) is 0 Å². The summed E-state index contributed by atoms with van der Waals surface area (Å²) in [5.41, 5.74) is 1.11. The van der Waals surface area contributed by atoms with Gasteiger partial charge in [0.15, 0.2) is 0 Å². The highest BCUT2D eigenvalue weighted by Gasteiger charge is 2.28. The Hall–Kier alpha value is -1.61. The maximum absolute atomic E-state index is 9.98. The minimum atomic E-state index is -0.230. The molecule has 2 atom stereocenters. The summed E-state index contributed by atoms with van der Waals surface area (Å²) in [4.78, 5) is 4.42. The van der Waals surface area contributed by atoms with Crippen LogP contribution in [0.15, 0.2) is 42.7 Å². The summed E-state index contributed by atoms with van der Waals surface area (Å²) in [6.07, 6.45) is 6.59. The predicted molar refractivity (Wildman–Crippen MR) is 66.6 cm³/mol. The summed E-state index contributed by atoms with van der Waals surface area (Å²) in [7, 11) is 0. The van der Waals surface area contributed by atoms with Crippen LogP contribution in [0, 0.1) is 0 Å². The molecule has 0 saturated heterocycles. The fourth-order valence-electron chi connectivity index (χ4n) is 2.64. The van der Waals surface area contributed by atoms with Crippen molar-refractivity contribution >= 4 is 0 Å². The lowest BCUT2D eigenvalue weighted by molar-refractivity contribution is 0.137. The summed E-state index contributed by atoms with van der Waals surface area (Å²) in [5.74, 6) is 0.955. The predicted octanol–water partition coefficient (Wildman–Crippen LogP) is 2.64. The molecule has 1 aromatic carbocycles. The quantitative estimate of drug-likeness (QED) is 0.858. The van der Waals surface area contributed by atoms with E-state index in [0.29, 0.717) is 0 Å². The van der Waals surface area contributed by atoms with Crippen LogP contribution < -0.4 is 0 Å². The van der Waals surface area contributed by atoms with Gasteiger partial charge in [0.1, 0.15) is 5.82 Å². The third-order valence-electron chi connectivity index (χ3n) is 3.50. The Kier molecular flexibility index (Phi) is 2.69. The summed E-state index contributed by atoms with van der Waals surface area (Å²) in [6.45, 7) is 0. The Labute approximate surface area is 101 Å². The van der Waals surface area contributed by atoms with E-state index in [1.165, 1.54) is 0 Å². The lowest BCUT2D eigenvalue weighted by atomic mass is 10.1. The van der Waals surface area contributed by atoms with Crippen molar-refractivity contribution in [2.75, 3.05) is 0 Å². The van der Waals surface area contributed by atoms with Crippen LogP contribution in [0.4, 0.5) is 0 Å². The highest BCUT2D eigenvalue weighted by Crippen LogP contribution is 2.33. The molecule has 0 radical (unpaired) electrons. The number of benzene rings is 1. The molecule has 3 nitrogen and oxygen atoms in total. The zero-order valence-electron chi connectivity index (χ0n) is 9.66. The average Bonchev–Trinajstić information content (AvgIpc) is 2.98. The molecule has 88 valence electrons. The van der Waals surface area contributed by atoms with E-state index in [1.54, 1.807) is 0 Å². The van der Waals surface area contributed by atoms with Crippen molar-refractivity contribution in [2.45, 2.75) is 31.4 Å². The molecular formula is C14H16N2O. The number of hydrogen-bond donors (Lipinski definition) is 1. The molecule has 3 heteroatoms. The molecule has 0 aliphatic heterocycles. The van der Waals surface area contributed by atoms with Crippen LogP contribution in [0.5, 0.6) is 0 Å². The molecule has 17 heavy (non-hydrogen) atoms. The Morgan fingerprint density at radius 2 is 2.00 bits per heavy atom. The van der Waals surface area contributed by atoms with Gasteiger partial charge in [-0.15, -0.1) is 0 Å². The van der Waals surface area contributed by atoms with Gasteiger partial charge >= 0.3 is 0 Å². The first-order chi connectivity index (χ1) is 8.36. The number of aliphatic hydroxyl groups is 1. The molecule has 0 bridgehead atoms. The van der Waals surface area contributed by atoms with E-state index < -0.39 is 0 Å². The highest BCUT2D eigenvalue weighted by molar-refractivity contribution is 5.55. The normalized spacial score (nSPS) is 24.1. The van der Waals surface area contributed by atoms with E-state index in [-0.39, 0.29) is 12.1 Å².